The summed E-state index contributed by atoms with van der Waals surface area (Å²) in [6.45, 7) is 0.734. The minimum Gasteiger partial charge on any atom is -0.381 e. The van der Waals surface area contributed by atoms with Crippen molar-refractivity contribution >= 4 is 11.4 Å². The molecule has 0 saturated heterocycles. The SMILES string of the molecule is CN1c2c(cccc2C(F)(F)F)NCC12CCCCC2. The van der Waals surface area contributed by atoms with Gasteiger partial charge in [-0.25, -0.2) is 0 Å². The third-order valence-electron chi connectivity index (χ3n) is 4.78. The standard InChI is InChI=1S/C15H19F3N2/c1-20-13-11(15(16,17)18)6-5-7-12(13)19-10-14(20)8-3-2-4-9-14/h5-7,19H,2-4,8-10H2,1H3. The Bertz CT molecular complexity index is 504. The summed E-state index contributed by atoms with van der Waals surface area (Å²) < 4.78 is 39.8. The van der Waals surface area contributed by atoms with Crippen LogP contribution in [0.2, 0.25) is 0 Å². The highest BCUT2D eigenvalue weighted by molar-refractivity contribution is 5.77. The molecule has 2 aliphatic rings. The Kier molecular flexibility index (Phi) is 3.10. The molecule has 1 aromatic rings. The molecule has 5 heteroatoms. The van der Waals surface area contributed by atoms with Gasteiger partial charge in [-0.15, -0.1) is 0 Å². The summed E-state index contributed by atoms with van der Waals surface area (Å²) in [6.07, 6.45) is 0.979. The fourth-order valence-corrected chi connectivity index (χ4v) is 3.61. The first-order chi connectivity index (χ1) is 9.44. The normalized spacial score (nSPS) is 21.5. The molecule has 1 heterocycles. The van der Waals surface area contributed by atoms with Crippen LogP contribution in [0.4, 0.5) is 24.5 Å². The van der Waals surface area contributed by atoms with Gasteiger partial charge < -0.3 is 10.2 Å². The molecule has 1 aromatic carbocycles. The Morgan fingerprint density at radius 1 is 1.15 bits per heavy atom. The highest BCUT2D eigenvalue weighted by Crippen LogP contribution is 2.47. The van der Waals surface area contributed by atoms with Gasteiger partial charge >= 0.3 is 6.18 Å². The van der Waals surface area contributed by atoms with Crippen LogP contribution < -0.4 is 10.2 Å². The van der Waals surface area contributed by atoms with E-state index in [9.17, 15) is 13.2 Å². The van der Waals surface area contributed by atoms with Crippen molar-refractivity contribution in [2.45, 2.75) is 43.8 Å². The quantitative estimate of drug-likeness (QED) is 0.765. The first-order valence-electron chi connectivity index (χ1n) is 7.12. The van der Waals surface area contributed by atoms with Crippen LogP contribution in [-0.4, -0.2) is 19.1 Å². The molecule has 0 radical (unpaired) electrons. The van der Waals surface area contributed by atoms with E-state index in [0.717, 1.165) is 32.2 Å². The first-order valence-corrected chi connectivity index (χ1v) is 7.12. The lowest BCUT2D eigenvalue weighted by Gasteiger charge is -2.50. The van der Waals surface area contributed by atoms with Crippen molar-refractivity contribution in [3.05, 3.63) is 23.8 Å². The topological polar surface area (TPSA) is 15.3 Å². The number of halogens is 3. The van der Waals surface area contributed by atoms with Crippen LogP contribution in [0.3, 0.4) is 0 Å². The highest BCUT2D eigenvalue weighted by Gasteiger charge is 2.44. The van der Waals surface area contributed by atoms with Gasteiger partial charge in [-0.1, -0.05) is 25.3 Å². The maximum Gasteiger partial charge on any atom is 0.418 e. The third kappa shape index (κ3) is 2.03. The van der Waals surface area contributed by atoms with Gasteiger partial charge in [0.15, 0.2) is 0 Å². The number of alkyl halides is 3. The van der Waals surface area contributed by atoms with Gasteiger partial charge in [0.1, 0.15) is 0 Å². The fourth-order valence-electron chi connectivity index (χ4n) is 3.61. The molecule has 3 rings (SSSR count). The summed E-state index contributed by atoms with van der Waals surface area (Å²) in [7, 11) is 1.82. The van der Waals surface area contributed by atoms with Crippen LogP contribution in [-0.2, 0) is 6.18 Å². The van der Waals surface area contributed by atoms with E-state index in [4.69, 9.17) is 0 Å². The minimum atomic E-state index is -4.31. The first kappa shape index (κ1) is 13.6. The number of nitrogens with one attached hydrogen (secondary N) is 1. The number of nitrogens with zero attached hydrogens (tertiary/aromatic N) is 1. The van der Waals surface area contributed by atoms with Crippen molar-refractivity contribution in [3.8, 4) is 0 Å². The molecule has 1 aliphatic carbocycles. The van der Waals surface area contributed by atoms with E-state index in [1.54, 1.807) is 6.07 Å². The smallest absolute Gasteiger partial charge is 0.381 e. The van der Waals surface area contributed by atoms with Crippen LogP contribution in [0.25, 0.3) is 0 Å². The van der Waals surface area contributed by atoms with Gasteiger partial charge in [0.25, 0.3) is 0 Å². The molecule has 1 N–H and O–H groups in total. The Morgan fingerprint density at radius 2 is 1.85 bits per heavy atom. The Labute approximate surface area is 117 Å². The summed E-state index contributed by atoms with van der Waals surface area (Å²) in [5.74, 6) is 0. The summed E-state index contributed by atoms with van der Waals surface area (Å²) in [5, 5.41) is 3.22. The molecule has 20 heavy (non-hydrogen) atoms. The van der Waals surface area contributed by atoms with Gasteiger partial charge in [0.05, 0.1) is 22.5 Å². The van der Waals surface area contributed by atoms with Crippen molar-refractivity contribution in [2.24, 2.45) is 0 Å². The lowest BCUT2D eigenvalue weighted by Crippen LogP contribution is -2.56. The molecule has 0 amide bonds. The van der Waals surface area contributed by atoms with Crippen molar-refractivity contribution in [3.63, 3.8) is 0 Å². The second kappa shape index (κ2) is 4.57. The molecule has 1 fully saturated rings. The number of fused-ring (bicyclic) bond motifs is 1. The average Bonchev–Trinajstić information content (AvgIpc) is 2.43. The van der Waals surface area contributed by atoms with Crippen LogP contribution >= 0.6 is 0 Å². The predicted molar refractivity (Wildman–Crippen MR) is 74.2 cm³/mol. The molecule has 2 nitrogen and oxygen atoms in total. The number of rotatable bonds is 0. The zero-order valence-electron chi connectivity index (χ0n) is 11.6. The number of anilines is 2. The van der Waals surface area contributed by atoms with E-state index >= 15 is 0 Å². The number of hydrogen-bond acceptors (Lipinski definition) is 2. The number of likely N-dealkylation sites (N-methyl/N-ethyl adjacent to an activating group) is 1. The maximum absolute atomic E-state index is 13.3. The summed E-state index contributed by atoms with van der Waals surface area (Å²) in [6, 6.07) is 4.39. The van der Waals surface area contributed by atoms with Gasteiger partial charge in [-0.2, -0.15) is 13.2 Å². The summed E-state index contributed by atoms with van der Waals surface area (Å²) >= 11 is 0. The van der Waals surface area contributed by atoms with Crippen molar-refractivity contribution < 1.29 is 13.2 Å². The van der Waals surface area contributed by atoms with Crippen molar-refractivity contribution in [2.75, 3.05) is 23.8 Å². The van der Waals surface area contributed by atoms with E-state index in [2.05, 4.69) is 5.32 Å². The average molecular weight is 284 g/mol. The predicted octanol–water partition coefficient (Wildman–Crippen LogP) is 4.27. The maximum atomic E-state index is 13.3. The Morgan fingerprint density at radius 3 is 2.50 bits per heavy atom. The molecule has 110 valence electrons. The molecular formula is C15H19F3N2. The van der Waals surface area contributed by atoms with E-state index in [-0.39, 0.29) is 5.54 Å². The molecule has 0 bridgehead atoms. The Balaban J connectivity index is 2.07. The zero-order chi connectivity index (χ0) is 14.4. The lowest BCUT2D eigenvalue weighted by atomic mass is 9.78. The van der Waals surface area contributed by atoms with Gasteiger partial charge in [0, 0.05) is 13.6 Å². The second-order valence-corrected chi connectivity index (χ2v) is 5.90. The minimum absolute atomic E-state index is 0.160. The van der Waals surface area contributed by atoms with Crippen LogP contribution in [0.15, 0.2) is 18.2 Å². The van der Waals surface area contributed by atoms with E-state index < -0.39 is 11.7 Å². The van der Waals surface area contributed by atoms with E-state index in [0.29, 0.717) is 11.4 Å². The number of para-hydroxylation sites is 1. The van der Waals surface area contributed by atoms with Crippen LogP contribution in [0.1, 0.15) is 37.7 Å². The summed E-state index contributed by atoms with van der Waals surface area (Å²) in [5.41, 5.74) is 0.216. The van der Waals surface area contributed by atoms with Gasteiger partial charge in [-0.3, -0.25) is 0 Å². The monoisotopic (exact) mass is 284 g/mol. The highest BCUT2D eigenvalue weighted by atomic mass is 19.4. The number of benzene rings is 1. The van der Waals surface area contributed by atoms with Crippen molar-refractivity contribution in [1.29, 1.82) is 0 Å². The largest absolute Gasteiger partial charge is 0.418 e. The third-order valence-corrected chi connectivity index (χ3v) is 4.78. The van der Waals surface area contributed by atoms with Crippen molar-refractivity contribution in [1.82, 2.24) is 0 Å². The second-order valence-electron chi connectivity index (χ2n) is 5.90. The Hall–Kier alpha value is -1.39. The van der Waals surface area contributed by atoms with E-state index in [1.807, 2.05) is 11.9 Å². The molecule has 1 saturated carbocycles. The number of hydrogen-bond donors (Lipinski definition) is 1. The molecular weight excluding hydrogens is 265 g/mol. The zero-order valence-corrected chi connectivity index (χ0v) is 11.6. The van der Waals surface area contributed by atoms with Crippen LogP contribution in [0, 0.1) is 0 Å². The summed E-state index contributed by atoms with van der Waals surface area (Å²) in [4.78, 5) is 1.89. The van der Waals surface area contributed by atoms with E-state index in [1.165, 1.54) is 18.6 Å². The molecule has 0 atom stereocenters. The molecule has 0 unspecified atom stereocenters. The lowest BCUT2D eigenvalue weighted by molar-refractivity contribution is -0.137. The van der Waals surface area contributed by atoms with Gasteiger partial charge in [-0.05, 0) is 25.0 Å². The molecule has 1 aliphatic heterocycles. The molecule has 0 aromatic heterocycles. The fraction of sp³-hybridized carbons (Fsp3) is 0.600. The van der Waals surface area contributed by atoms with Gasteiger partial charge in [0.2, 0.25) is 0 Å². The van der Waals surface area contributed by atoms with Crippen LogP contribution in [0.5, 0.6) is 0 Å². The molecule has 1 spiro atoms.